The van der Waals surface area contributed by atoms with Gasteiger partial charge in [-0.15, -0.1) is 15.2 Å². The molecule has 0 saturated heterocycles. The van der Waals surface area contributed by atoms with Crippen LogP contribution in [-0.4, -0.2) is 11.0 Å². The van der Waals surface area contributed by atoms with Crippen molar-refractivity contribution in [2.45, 2.75) is 6.05 Å². The summed E-state index contributed by atoms with van der Waals surface area (Å²) in [5.41, 5.74) is 0. The normalized spacial score (nSPS) is 8.90. The highest BCUT2D eigenvalue weighted by atomic mass is 19.3. The lowest BCUT2D eigenvalue weighted by Gasteiger charge is -1.94. The first-order valence-electron chi connectivity index (χ1n) is 2.01. The number of hydrogen-bond donors (Lipinski definition) is 0. The molecular weight excluding hydrogens is 144 g/mol. The van der Waals surface area contributed by atoms with Crippen LogP contribution in [0.2, 0.25) is 0 Å². The Morgan fingerprint density at radius 1 is 1.60 bits per heavy atom. The van der Waals surface area contributed by atoms with E-state index in [1.54, 1.807) is 0 Å². The molecule has 3 nitrogen and oxygen atoms in total. The number of rotatable bonds is 1. The zero-order valence-electron chi connectivity index (χ0n) is 4.60. The maximum atomic E-state index is 11.8. The standard InChI is InChI=1S/C5HF2NO2/c1-2-3-4-5(6,7)8(9)10/h1H. The first-order valence-corrected chi connectivity index (χ1v) is 2.01. The molecule has 0 aromatic carbocycles. The van der Waals surface area contributed by atoms with Crippen LogP contribution in [-0.2, 0) is 0 Å². The summed E-state index contributed by atoms with van der Waals surface area (Å²) in [6.07, 6.45) is 4.46. The molecule has 10 heavy (non-hydrogen) atoms. The van der Waals surface area contributed by atoms with E-state index in [1.165, 1.54) is 11.8 Å². The number of hydrogen-bond acceptors (Lipinski definition) is 2. The number of alkyl halides is 2. The molecule has 0 aromatic rings. The zero-order valence-corrected chi connectivity index (χ0v) is 4.60. The van der Waals surface area contributed by atoms with E-state index in [0.717, 1.165) is 5.92 Å². The van der Waals surface area contributed by atoms with Crippen LogP contribution in [0.5, 0.6) is 0 Å². The van der Waals surface area contributed by atoms with Crippen LogP contribution < -0.4 is 0 Å². The molecule has 0 unspecified atom stereocenters. The van der Waals surface area contributed by atoms with E-state index < -0.39 is 11.0 Å². The molecule has 0 fully saturated rings. The third-order valence-electron chi connectivity index (χ3n) is 0.514. The fraction of sp³-hybridized carbons (Fsp3) is 0.200. The van der Waals surface area contributed by atoms with Gasteiger partial charge in [0.1, 0.15) is 4.92 Å². The molecule has 0 heterocycles. The van der Waals surface area contributed by atoms with Crippen LogP contribution in [0, 0.1) is 34.3 Å². The number of terminal acetylenes is 1. The summed E-state index contributed by atoms with van der Waals surface area (Å²) < 4.78 is 23.5. The predicted octanol–water partition coefficient (Wildman–Crippen LogP) is 0.492. The van der Waals surface area contributed by atoms with Crippen LogP contribution in [0.3, 0.4) is 0 Å². The summed E-state index contributed by atoms with van der Waals surface area (Å²) in [6, 6.07) is -4.23. The van der Waals surface area contributed by atoms with Crippen molar-refractivity contribution in [2.75, 3.05) is 0 Å². The van der Waals surface area contributed by atoms with Gasteiger partial charge in [-0.05, 0) is 11.8 Å². The summed E-state index contributed by atoms with van der Waals surface area (Å²) in [5, 5.41) is 9.41. The lowest BCUT2D eigenvalue weighted by molar-refractivity contribution is -0.622. The molecule has 0 aromatic heterocycles. The smallest absolute Gasteiger partial charge is 0.258 e. The second kappa shape index (κ2) is 2.79. The Morgan fingerprint density at radius 3 is 2.40 bits per heavy atom. The van der Waals surface area contributed by atoms with Crippen LogP contribution >= 0.6 is 0 Å². The quantitative estimate of drug-likeness (QED) is 0.233. The van der Waals surface area contributed by atoms with Gasteiger partial charge in [-0.3, -0.25) is 10.1 Å². The highest BCUT2D eigenvalue weighted by molar-refractivity contribution is 5.23. The van der Waals surface area contributed by atoms with Gasteiger partial charge in [0.2, 0.25) is 0 Å². The maximum absolute atomic E-state index is 11.8. The van der Waals surface area contributed by atoms with Crippen molar-refractivity contribution in [1.29, 1.82) is 0 Å². The molecule has 0 spiro atoms. The van der Waals surface area contributed by atoms with E-state index in [0.29, 0.717) is 0 Å². The summed E-state index contributed by atoms with van der Waals surface area (Å²) in [7, 11) is 0. The van der Waals surface area contributed by atoms with Crippen molar-refractivity contribution in [3.05, 3.63) is 10.1 Å². The minimum Gasteiger partial charge on any atom is -0.258 e. The maximum Gasteiger partial charge on any atom is 0.581 e. The molecular formula is C5HF2NO2. The van der Waals surface area contributed by atoms with E-state index in [9.17, 15) is 18.9 Å². The van der Waals surface area contributed by atoms with Gasteiger partial charge in [-0.1, -0.05) is 0 Å². The van der Waals surface area contributed by atoms with E-state index in [4.69, 9.17) is 0 Å². The van der Waals surface area contributed by atoms with Crippen LogP contribution in [0.25, 0.3) is 0 Å². The molecule has 0 N–H and O–H groups in total. The third kappa shape index (κ3) is 2.10. The summed E-state index contributed by atoms with van der Waals surface area (Å²) in [5.74, 6) is 3.98. The van der Waals surface area contributed by atoms with Gasteiger partial charge in [0, 0.05) is 0 Å². The van der Waals surface area contributed by atoms with Crippen molar-refractivity contribution in [3.63, 3.8) is 0 Å². The highest BCUT2D eigenvalue weighted by Gasteiger charge is 2.41. The summed E-state index contributed by atoms with van der Waals surface area (Å²) >= 11 is 0. The zero-order chi connectivity index (χ0) is 8.20. The van der Waals surface area contributed by atoms with Gasteiger partial charge in [-0.25, -0.2) is 0 Å². The lowest BCUT2D eigenvalue weighted by atomic mass is 10.5. The Bertz CT molecular complexity index is 243. The molecule has 0 aliphatic rings. The molecule has 52 valence electrons. The van der Waals surface area contributed by atoms with Crippen molar-refractivity contribution in [1.82, 2.24) is 0 Å². The van der Waals surface area contributed by atoms with Crippen molar-refractivity contribution >= 4 is 0 Å². The Hall–Kier alpha value is -1.62. The largest absolute Gasteiger partial charge is 0.581 e. The molecule has 0 aliphatic heterocycles. The topological polar surface area (TPSA) is 43.1 Å². The fourth-order valence-corrected chi connectivity index (χ4v) is 0.157. The molecule has 0 rings (SSSR count). The number of nitro groups is 1. The Balaban J connectivity index is 4.46. The van der Waals surface area contributed by atoms with Gasteiger partial charge in [-0.2, -0.15) is 0 Å². The summed E-state index contributed by atoms with van der Waals surface area (Å²) in [6.45, 7) is 0. The van der Waals surface area contributed by atoms with Gasteiger partial charge in [0.15, 0.2) is 0 Å². The minimum absolute atomic E-state index is 0.990. The van der Waals surface area contributed by atoms with Gasteiger partial charge >= 0.3 is 6.05 Å². The van der Waals surface area contributed by atoms with E-state index >= 15 is 0 Å². The average molecular weight is 145 g/mol. The van der Waals surface area contributed by atoms with Crippen molar-refractivity contribution in [3.8, 4) is 24.2 Å². The minimum atomic E-state index is -4.23. The van der Waals surface area contributed by atoms with E-state index in [1.807, 2.05) is 0 Å². The van der Waals surface area contributed by atoms with Crippen LogP contribution in [0.1, 0.15) is 0 Å². The number of nitrogens with zero attached hydrogens (tertiary/aromatic N) is 1. The lowest BCUT2D eigenvalue weighted by Crippen LogP contribution is -2.24. The van der Waals surface area contributed by atoms with Gasteiger partial charge in [0.25, 0.3) is 0 Å². The first kappa shape index (κ1) is 8.38. The second-order valence-electron chi connectivity index (χ2n) is 1.19. The molecule has 0 atom stereocenters. The monoisotopic (exact) mass is 145 g/mol. The summed E-state index contributed by atoms with van der Waals surface area (Å²) in [4.78, 5) is 7.60. The molecule has 0 radical (unpaired) electrons. The van der Waals surface area contributed by atoms with Gasteiger partial charge < -0.3 is 0 Å². The van der Waals surface area contributed by atoms with Crippen molar-refractivity contribution in [2.24, 2.45) is 0 Å². The fourth-order valence-electron chi connectivity index (χ4n) is 0.157. The third-order valence-corrected chi connectivity index (χ3v) is 0.514. The SMILES string of the molecule is C#CC#CC(F)(F)[N+](=O)[O-]. The van der Waals surface area contributed by atoms with E-state index in [2.05, 4.69) is 6.42 Å². The predicted molar refractivity (Wildman–Crippen MR) is 28.6 cm³/mol. The molecule has 0 amide bonds. The Morgan fingerprint density at radius 2 is 2.10 bits per heavy atom. The molecule has 0 saturated carbocycles. The Kier molecular flexibility index (Phi) is 2.34. The highest BCUT2D eigenvalue weighted by Crippen LogP contribution is 2.10. The van der Waals surface area contributed by atoms with Crippen LogP contribution in [0.4, 0.5) is 8.78 Å². The molecule has 5 heteroatoms. The molecule has 0 bridgehead atoms. The van der Waals surface area contributed by atoms with E-state index in [-0.39, 0.29) is 0 Å². The van der Waals surface area contributed by atoms with Crippen LogP contribution in [0.15, 0.2) is 0 Å². The van der Waals surface area contributed by atoms with Crippen molar-refractivity contribution < 1.29 is 13.7 Å². The van der Waals surface area contributed by atoms with Gasteiger partial charge in [0.05, 0.1) is 5.92 Å². The second-order valence-corrected chi connectivity index (χ2v) is 1.19. The Labute approximate surface area is 55.2 Å². The number of halogens is 2. The molecule has 0 aliphatic carbocycles. The first-order chi connectivity index (χ1) is 4.50. The average Bonchev–Trinajstić information content (AvgIpc) is 1.84.